The second kappa shape index (κ2) is 7.77. The summed E-state index contributed by atoms with van der Waals surface area (Å²) in [6, 6.07) is 16.8. The van der Waals surface area contributed by atoms with Crippen LogP contribution in [-0.4, -0.2) is 16.0 Å². The Bertz CT molecular complexity index is 947. The number of rotatable bonds is 6. The third-order valence-electron chi connectivity index (χ3n) is 4.22. The molecule has 0 spiro atoms. The van der Waals surface area contributed by atoms with Crippen LogP contribution >= 0.6 is 0 Å². The maximum absolute atomic E-state index is 12.1. The van der Waals surface area contributed by atoms with Gasteiger partial charge in [0.05, 0.1) is 6.61 Å². The Kier molecular flexibility index (Phi) is 5.26. The van der Waals surface area contributed by atoms with Crippen LogP contribution in [0.25, 0.3) is 10.9 Å². The van der Waals surface area contributed by atoms with Crippen molar-refractivity contribution in [2.24, 2.45) is 0 Å². The first kappa shape index (κ1) is 16.9. The number of hydrogen-bond donors (Lipinski definition) is 3. The van der Waals surface area contributed by atoms with Crippen LogP contribution < -0.4 is 10.9 Å². The number of aliphatic hydroxyl groups is 1. The van der Waals surface area contributed by atoms with Gasteiger partial charge in [-0.2, -0.15) is 0 Å². The van der Waals surface area contributed by atoms with Gasteiger partial charge < -0.3 is 15.4 Å². The first-order valence-electron chi connectivity index (χ1n) is 8.22. The van der Waals surface area contributed by atoms with Crippen molar-refractivity contribution in [2.75, 3.05) is 0 Å². The van der Waals surface area contributed by atoms with Crippen molar-refractivity contribution in [3.8, 4) is 0 Å². The smallest absolute Gasteiger partial charge is 0.251 e. The van der Waals surface area contributed by atoms with E-state index in [-0.39, 0.29) is 24.5 Å². The Morgan fingerprint density at radius 3 is 2.52 bits per heavy atom. The van der Waals surface area contributed by atoms with Crippen LogP contribution in [0.5, 0.6) is 0 Å². The summed E-state index contributed by atoms with van der Waals surface area (Å²) < 4.78 is 0. The van der Waals surface area contributed by atoms with Gasteiger partial charge in [0.2, 0.25) is 5.91 Å². The van der Waals surface area contributed by atoms with E-state index in [1.165, 1.54) is 0 Å². The normalized spacial score (nSPS) is 10.8. The van der Waals surface area contributed by atoms with Gasteiger partial charge in [-0.1, -0.05) is 42.5 Å². The number of hydrogen-bond acceptors (Lipinski definition) is 3. The minimum atomic E-state index is -0.155. The van der Waals surface area contributed by atoms with Crippen LogP contribution in [0.3, 0.4) is 0 Å². The fourth-order valence-electron chi connectivity index (χ4n) is 2.79. The first-order chi connectivity index (χ1) is 12.2. The van der Waals surface area contributed by atoms with Gasteiger partial charge in [0.15, 0.2) is 0 Å². The molecule has 3 rings (SSSR count). The molecule has 0 saturated carbocycles. The molecule has 0 fully saturated rings. The number of H-pyrrole nitrogens is 1. The van der Waals surface area contributed by atoms with E-state index in [1.807, 2.05) is 54.6 Å². The van der Waals surface area contributed by atoms with Crippen LogP contribution in [0, 0.1) is 0 Å². The molecule has 5 nitrogen and oxygen atoms in total. The summed E-state index contributed by atoms with van der Waals surface area (Å²) in [6.07, 6.45) is 0.621. The highest BCUT2D eigenvalue weighted by Crippen LogP contribution is 2.11. The number of nitrogens with one attached hydrogen (secondary N) is 2. The fraction of sp³-hybridized carbons (Fsp3) is 0.200. The zero-order valence-corrected chi connectivity index (χ0v) is 13.8. The predicted molar refractivity (Wildman–Crippen MR) is 97.1 cm³/mol. The summed E-state index contributed by atoms with van der Waals surface area (Å²) in [4.78, 5) is 27.0. The van der Waals surface area contributed by atoms with E-state index in [0.29, 0.717) is 18.5 Å². The SMILES string of the molecule is O=C(CCc1cc2ccccc2[nH]c1=O)NCc1ccccc1CO. The van der Waals surface area contributed by atoms with Crippen molar-refractivity contribution in [2.45, 2.75) is 26.0 Å². The third kappa shape index (κ3) is 4.14. The molecular formula is C20H20N2O3. The minimum Gasteiger partial charge on any atom is -0.392 e. The molecule has 0 aliphatic heterocycles. The van der Waals surface area contributed by atoms with Crippen LogP contribution in [0.4, 0.5) is 0 Å². The molecule has 0 saturated heterocycles. The second-order valence-electron chi connectivity index (χ2n) is 5.91. The summed E-state index contributed by atoms with van der Waals surface area (Å²) in [5.74, 6) is -0.125. The molecule has 0 radical (unpaired) electrons. The maximum Gasteiger partial charge on any atom is 0.251 e. The molecule has 0 unspecified atom stereocenters. The van der Waals surface area contributed by atoms with E-state index in [1.54, 1.807) is 0 Å². The molecule has 0 aliphatic rings. The highest BCUT2D eigenvalue weighted by molar-refractivity contribution is 5.79. The largest absolute Gasteiger partial charge is 0.392 e. The number of pyridine rings is 1. The van der Waals surface area contributed by atoms with Crippen LogP contribution in [-0.2, 0) is 24.4 Å². The number of aliphatic hydroxyl groups excluding tert-OH is 1. The third-order valence-corrected chi connectivity index (χ3v) is 4.22. The van der Waals surface area contributed by atoms with Crippen molar-refractivity contribution >= 4 is 16.8 Å². The minimum absolute atomic E-state index is 0.0570. The Hall–Kier alpha value is -2.92. The number of carbonyl (C=O) groups is 1. The molecule has 1 heterocycles. The fourth-order valence-corrected chi connectivity index (χ4v) is 2.79. The summed E-state index contributed by atoms with van der Waals surface area (Å²) in [6.45, 7) is 0.308. The highest BCUT2D eigenvalue weighted by Gasteiger charge is 2.08. The lowest BCUT2D eigenvalue weighted by Gasteiger charge is -2.09. The van der Waals surface area contributed by atoms with Crippen molar-refractivity contribution in [3.05, 3.63) is 81.6 Å². The Balaban J connectivity index is 1.61. The Morgan fingerprint density at radius 2 is 1.72 bits per heavy atom. The van der Waals surface area contributed by atoms with Crippen molar-refractivity contribution in [3.63, 3.8) is 0 Å². The monoisotopic (exact) mass is 336 g/mol. The van der Waals surface area contributed by atoms with E-state index in [0.717, 1.165) is 22.0 Å². The number of para-hydroxylation sites is 1. The molecule has 5 heteroatoms. The lowest BCUT2D eigenvalue weighted by Crippen LogP contribution is -2.24. The van der Waals surface area contributed by atoms with E-state index in [2.05, 4.69) is 10.3 Å². The summed E-state index contributed by atoms with van der Waals surface area (Å²) in [5, 5.41) is 13.1. The van der Waals surface area contributed by atoms with E-state index >= 15 is 0 Å². The summed E-state index contributed by atoms with van der Waals surface area (Å²) in [7, 11) is 0. The molecular weight excluding hydrogens is 316 g/mol. The summed E-state index contributed by atoms with van der Waals surface area (Å²) in [5.41, 5.74) is 2.93. The number of fused-ring (bicyclic) bond motifs is 1. The maximum atomic E-state index is 12.1. The number of carbonyl (C=O) groups excluding carboxylic acids is 1. The molecule has 0 aliphatic carbocycles. The number of aromatic nitrogens is 1. The zero-order chi connectivity index (χ0) is 17.6. The van der Waals surface area contributed by atoms with Crippen LogP contribution in [0.15, 0.2) is 59.4 Å². The van der Waals surface area contributed by atoms with Gasteiger partial charge in [-0.05, 0) is 35.1 Å². The quantitative estimate of drug-likeness (QED) is 0.646. The van der Waals surface area contributed by atoms with Gasteiger partial charge in [-0.15, -0.1) is 0 Å². The number of aromatic amines is 1. The first-order valence-corrected chi connectivity index (χ1v) is 8.22. The standard InChI is InChI=1S/C20H20N2O3/c23-13-17-7-2-1-6-16(17)12-21-19(24)10-9-15-11-14-5-3-4-8-18(14)22-20(15)25/h1-8,11,23H,9-10,12-13H2,(H,21,24)(H,22,25). The van der Waals surface area contributed by atoms with Gasteiger partial charge in [0.1, 0.15) is 0 Å². The molecule has 2 aromatic carbocycles. The van der Waals surface area contributed by atoms with Crippen LogP contribution in [0.2, 0.25) is 0 Å². The average Bonchev–Trinajstić information content (AvgIpc) is 2.64. The molecule has 3 aromatic rings. The number of amides is 1. The lowest BCUT2D eigenvalue weighted by atomic mass is 10.1. The molecule has 3 N–H and O–H groups in total. The highest BCUT2D eigenvalue weighted by atomic mass is 16.3. The topological polar surface area (TPSA) is 82.2 Å². The Labute approximate surface area is 145 Å². The Morgan fingerprint density at radius 1 is 1.00 bits per heavy atom. The lowest BCUT2D eigenvalue weighted by molar-refractivity contribution is -0.121. The van der Waals surface area contributed by atoms with Crippen LogP contribution in [0.1, 0.15) is 23.1 Å². The zero-order valence-electron chi connectivity index (χ0n) is 13.8. The molecule has 0 atom stereocenters. The molecule has 128 valence electrons. The van der Waals surface area contributed by atoms with Gasteiger partial charge >= 0.3 is 0 Å². The van der Waals surface area contributed by atoms with E-state index < -0.39 is 0 Å². The summed E-state index contributed by atoms with van der Waals surface area (Å²) >= 11 is 0. The van der Waals surface area contributed by atoms with Gasteiger partial charge in [-0.25, -0.2) is 0 Å². The number of benzene rings is 2. The van der Waals surface area contributed by atoms with E-state index in [4.69, 9.17) is 0 Å². The van der Waals surface area contributed by atoms with Crippen molar-refractivity contribution in [1.82, 2.24) is 10.3 Å². The van der Waals surface area contributed by atoms with Gasteiger partial charge in [-0.3, -0.25) is 9.59 Å². The van der Waals surface area contributed by atoms with Gasteiger partial charge in [0, 0.05) is 24.0 Å². The number of aryl methyl sites for hydroxylation is 1. The molecule has 1 amide bonds. The van der Waals surface area contributed by atoms with Gasteiger partial charge in [0.25, 0.3) is 5.56 Å². The van der Waals surface area contributed by atoms with Crippen molar-refractivity contribution in [1.29, 1.82) is 0 Å². The average molecular weight is 336 g/mol. The molecule has 0 bridgehead atoms. The molecule has 1 aromatic heterocycles. The predicted octanol–water partition coefficient (Wildman–Crippen LogP) is 2.27. The van der Waals surface area contributed by atoms with Crippen molar-refractivity contribution < 1.29 is 9.90 Å². The second-order valence-corrected chi connectivity index (χ2v) is 5.91. The van der Waals surface area contributed by atoms with E-state index in [9.17, 15) is 14.7 Å². The molecule has 25 heavy (non-hydrogen) atoms.